The molecule has 11 heteroatoms. The van der Waals surface area contributed by atoms with Crippen LogP contribution in [-0.2, 0) is 16.1 Å². The van der Waals surface area contributed by atoms with Crippen LogP contribution in [0.25, 0.3) is 11.8 Å². The Bertz CT molecular complexity index is 2230. The first-order valence-corrected chi connectivity index (χ1v) is 16.8. The van der Waals surface area contributed by atoms with E-state index < -0.39 is 12.0 Å². The van der Waals surface area contributed by atoms with E-state index in [0.717, 1.165) is 21.2 Å². The molecule has 7 rings (SSSR count). The molecule has 2 aliphatic rings. The van der Waals surface area contributed by atoms with Gasteiger partial charge >= 0.3 is 5.97 Å². The van der Waals surface area contributed by atoms with Gasteiger partial charge in [-0.3, -0.25) is 9.36 Å². The molecule has 1 atom stereocenters. The number of rotatable bonds is 9. The fourth-order valence-corrected chi connectivity index (χ4v) is 6.89. The lowest BCUT2D eigenvalue weighted by molar-refractivity contribution is -0.138. The minimum absolute atomic E-state index is 0.0922. The Morgan fingerprint density at radius 1 is 1.00 bits per heavy atom. The number of methoxy groups -OCH3 is 1. The number of halogens is 1. The lowest BCUT2D eigenvalue weighted by Gasteiger charge is -2.26. The van der Waals surface area contributed by atoms with Crippen LogP contribution >= 0.6 is 27.3 Å². The average Bonchev–Trinajstić information content (AvgIpc) is 3.71. The number of carbonyl (C=O) groups is 1. The second-order valence-corrected chi connectivity index (χ2v) is 12.8. The van der Waals surface area contributed by atoms with Crippen molar-refractivity contribution < 1.29 is 28.5 Å². The van der Waals surface area contributed by atoms with Crippen LogP contribution in [0.5, 0.6) is 23.0 Å². The summed E-state index contributed by atoms with van der Waals surface area (Å²) in [6, 6.07) is 27.4. The first kappa shape index (κ1) is 31.5. The van der Waals surface area contributed by atoms with E-state index in [1.54, 1.807) is 36.8 Å². The maximum atomic E-state index is 14.3. The van der Waals surface area contributed by atoms with Crippen LogP contribution in [0.1, 0.15) is 35.2 Å². The van der Waals surface area contributed by atoms with Crippen molar-refractivity contribution in [3.8, 4) is 23.0 Å². The maximum absolute atomic E-state index is 14.3. The number of ether oxygens (including phenoxy) is 5. The Morgan fingerprint density at radius 3 is 2.56 bits per heavy atom. The minimum Gasteiger partial charge on any atom is -0.493 e. The zero-order valence-corrected chi connectivity index (χ0v) is 28.4. The summed E-state index contributed by atoms with van der Waals surface area (Å²) in [6.45, 7) is 2.37. The summed E-state index contributed by atoms with van der Waals surface area (Å²) in [5, 5.41) is 0. The summed E-state index contributed by atoms with van der Waals surface area (Å²) in [6.07, 6.45) is 1.79. The minimum atomic E-state index is -0.837. The van der Waals surface area contributed by atoms with Crippen molar-refractivity contribution in [2.75, 3.05) is 20.5 Å². The van der Waals surface area contributed by atoms with Crippen LogP contribution in [0.15, 0.2) is 111 Å². The molecule has 0 saturated heterocycles. The number of thiazole rings is 1. The van der Waals surface area contributed by atoms with Gasteiger partial charge in [-0.1, -0.05) is 81.9 Å². The average molecular weight is 726 g/mol. The molecule has 2 aliphatic heterocycles. The van der Waals surface area contributed by atoms with Gasteiger partial charge in [0.25, 0.3) is 5.56 Å². The molecule has 0 spiro atoms. The predicted molar refractivity (Wildman–Crippen MR) is 185 cm³/mol. The second-order valence-electron chi connectivity index (χ2n) is 10.9. The van der Waals surface area contributed by atoms with E-state index >= 15 is 0 Å². The van der Waals surface area contributed by atoms with E-state index in [9.17, 15) is 9.59 Å². The van der Waals surface area contributed by atoms with Crippen molar-refractivity contribution in [1.29, 1.82) is 0 Å². The monoisotopic (exact) mass is 724 g/mol. The molecule has 0 fully saturated rings. The second kappa shape index (κ2) is 13.5. The van der Waals surface area contributed by atoms with Crippen molar-refractivity contribution in [1.82, 2.24) is 4.57 Å². The highest BCUT2D eigenvalue weighted by molar-refractivity contribution is 9.10. The van der Waals surface area contributed by atoms with Gasteiger partial charge in [-0.15, -0.1) is 0 Å². The maximum Gasteiger partial charge on any atom is 0.338 e. The molecular weight excluding hydrogens is 696 g/mol. The van der Waals surface area contributed by atoms with E-state index in [-0.39, 0.29) is 24.5 Å². The summed E-state index contributed by atoms with van der Waals surface area (Å²) in [5.41, 5.74) is 3.54. The molecule has 9 nitrogen and oxygen atoms in total. The third-order valence-corrected chi connectivity index (χ3v) is 9.39. The molecule has 0 aliphatic carbocycles. The molecule has 0 bridgehead atoms. The highest BCUT2D eigenvalue weighted by Gasteiger charge is 2.36. The van der Waals surface area contributed by atoms with E-state index in [1.165, 1.54) is 11.3 Å². The van der Waals surface area contributed by atoms with Gasteiger partial charge in [-0.2, -0.15) is 0 Å². The van der Waals surface area contributed by atoms with Crippen molar-refractivity contribution in [3.05, 3.63) is 143 Å². The SMILES string of the molecule is CCOC(=O)C1=C(c2ccccc2)N=c2s/c(=C\c3ccc(OCc4ccc(Br)cc4)c(OC)c3)c(=O)n2[C@H]1c1ccc2c(c1)OCO2. The van der Waals surface area contributed by atoms with Gasteiger partial charge in [0.2, 0.25) is 6.79 Å². The summed E-state index contributed by atoms with van der Waals surface area (Å²) in [7, 11) is 1.58. The quantitative estimate of drug-likeness (QED) is 0.172. The highest BCUT2D eigenvalue weighted by atomic mass is 79.9. The van der Waals surface area contributed by atoms with Crippen LogP contribution in [0, 0.1) is 0 Å². The van der Waals surface area contributed by atoms with Crippen molar-refractivity contribution in [3.63, 3.8) is 0 Å². The number of esters is 1. The number of nitrogens with zero attached hydrogens (tertiary/aromatic N) is 2. The zero-order chi connectivity index (χ0) is 33.2. The molecule has 5 aromatic rings. The van der Waals surface area contributed by atoms with Gasteiger partial charge in [0.05, 0.1) is 35.6 Å². The van der Waals surface area contributed by atoms with E-state index in [0.29, 0.717) is 50.2 Å². The predicted octanol–water partition coefficient (Wildman–Crippen LogP) is 6.01. The number of hydrogen-bond donors (Lipinski definition) is 0. The smallest absolute Gasteiger partial charge is 0.338 e. The molecule has 3 heterocycles. The van der Waals surface area contributed by atoms with Crippen LogP contribution < -0.4 is 33.8 Å². The summed E-state index contributed by atoms with van der Waals surface area (Å²) in [5.74, 6) is 1.68. The van der Waals surface area contributed by atoms with Gasteiger partial charge < -0.3 is 23.7 Å². The molecule has 0 unspecified atom stereocenters. The van der Waals surface area contributed by atoms with Crippen LogP contribution in [0.3, 0.4) is 0 Å². The van der Waals surface area contributed by atoms with Crippen molar-refractivity contribution >= 4 is 45.0 Å². The Kier molecular flexibility index (Phi) is 8.88. The number of benzene rings is 4. The topological polar surface area (TPSA) is 97.6 Å². The van der Waals surface area contributed by atoms with Gasteiger partial charge in [-0.05, 0) is 66.1 Å². The third kappa shape index (κ3) is 6.14. The van der Waals surface area contributed by atoms with Gasteiger partial charge in [0.15, 0.2) is 27.8 Å². The Morgan fingerprint density at radius 2 is 1.79 bits per heavy atom. The number of aromatic nitrogens is 1. The van der Waals surface area contributed by atoms with E-state index in [2.05, 4.69) is 15.9 Å². The normalized spacial score (nSPS) is 15.1. The lowest BCUT2D eigenvalue weighted by Crippen LogP contribution is -2.40. The number of fused-ring (bicyclic) bond motifs is 2. The van der Waals surface area contributed by atoms with Gasteiger partial charge in [0, 0.05) is 10.0 Å². The molecule has 0 N–H and O–H groups in total. The largest absolute Gasteiger partial charge is 0.493 e. The molecule has 0 radical (unpaired) electrons. The zero-order valence-electron chi connectivity index (χ0n) is 26.0. The Labute approximate surface area is 288 Å². The lowest BCUT2D eigenvalue weighted by atomic mass is 9.93. The van der Waals surface area contributed by atoms with Gasteiger partial charge in [0.1, 0.15) is 6.61 Å². The number of carbonyl (C=O) groups excluding carboxylic acids is 1. The number of hydrogen-bond acceptors (Lipinski definition) is 9. The Hall–Kier alpha value is -5.13. The van der Waals surface area contributed by atoms with Crippen LogP contribution in [0.4, 0.5) is 0 Å². The van der Waals surface area contributed by atoms with Crippen molar-refractivity contribution in [2.45, 2.75) is 19.6 Å². The first-order chi connectivity index (χ1) is 23.4. The van der Waals surface area contributed by atoms with Crippen LogP contribution in [-0.4, -0.2) is 31.0 Å². The van der Waals surface area contributed by atoms with Crippen molar-refractivity contribution in [2.24, 2.45) is 4.99 Å². The summed E-state index contributed by atoms with van der Waals surface area (Å²) >= 11 is 4.69. The third-order valence-electron chi connectivity index (χ3n) is 7.88. The fraction of sp³-hybridized carbons (Fsp3) is 0.162. The van der Waals surface area contributed by atoms with E-state index in [4.69, 9.17) is 28.7 Å². The summed E-state index contributed by atoms with van der Waals surface area (Å²) in [4.78, 5) is 33.4. The molecule has 0 saturated carbocycles. The molecule has 242 valence electrons. The standard InChI is InChI=1S/C37H29BrN2O7S/c1-3-44-36(42)32-33(24-7-5-4-6-8-24)39-37-40(34(32)25-12-16-28-30(19-25)47-21-46-28)35(41)31(48-37)18-23-11-15-27(29(17-23)43-2)45-20-22-9-13-26(38)14-10-22/h4-19,34H,3,20-21H2,1-2H3/b31-18-/t34-/m0/s1. The highest BCUT2D eigenvalue weighted by Crippen LogP contribution is 2.40. The van der Waals surface area contributed by atoms with E-state index in [1.807, 2.05) is 78.9 Å². The Balaban J connectivity index is 1.34. The molecule has 0 amide bonds. The first-order valence-electron chi connectivity index (χ1n) is 15.2. The molecular formula is C37H29BrN2O7S. The molecule has 1 aromatic heterocycles. The summed E-state index contributed by atoms with van der Waals surface area (Å²) < 4.78 is 31.5. The molecule has 48 heavy (non-hydrogen) atoms. The van der Waals surface area contributed by atoms with Crippen LogP contribution in [0.2, 0.25) is 0 Å². The molecule has 4 aromatic carbocycles. The fourth-order valence-electron chi connectivity index (χ4n) is 5.63. The van der Waals surface area contributed by atoms with Gasteiger partial charge in [-0.25, -0.2) is 9.79 Å².